The Morgan fingerprint density at radius 1 is 1.30 bits per heavy atom. The van der Waals surface area contributed by atoms with Crippen molar-refractivity contribution in [2.24, 2.45) is 5.92 Å². The molecule has 2 aromatic carbocycles. The van der Waals surface area contributed by atoms with E-state index in [4.69, 9.17) is 21.3 Å². The molecule has 1 saturated heterocycles. The molecule has 1 aliphatic heterocycles. The lowest BCUT2D eigenvalue weighted by atomic mass is 9.97. The van der Waals surface area contributed by atoms with E-state index in [1.807, 2.05) is 30.3 Å². The standard InChI is InChI=1S/C20H20ClN3O2S/c1-26-16-8-9-17-18(11-16)27-20(23-17)24-10-2-3-13(12-24)19(25)22-15-6-4-14(21)5-7-15/h4-9,11,13H,2-3,10,12H2,1H3,(H,22,25). The summed E-state index contributed by atoms with van der Waals surface area (Å²) in [6.07, 6.45) is 1.85. The van der Waals surface area contributed by atoms with E-state index in [1.54, 1.807) is 30.6 Å². The van der Waals surface area contributed by atoms with E-state index < -0.39 is 0 Å². The summed E-state index contributed by atoms with van der Waals surface area (Å²) < 4.78 is 6.39. The van der Waals surface area contributed by atoms with Gasteiger partial charge in [-0.1, -0.05) is 22.9 Å². The van der Waals surface area contributed by atoms with Gasteiger partial charge in [0.15, 0.2) is 5.13 Å². The SMILES string of the molecule is COc1ccc2nc(N3CCCC(C(=O)Nc4ccc(Cl)cc4)C3)sc2c1. The molecule has 0 aliphatic carbocycles. The van der Waals surface area contributed by atoms with Crippen LogP contribution in [0.25, 0.3) is 10.2 Å². The number of amides is 1. The van der Waals surface area contributed by atoms with Gasteiger partial charge in [-0.25, -0.2) is 4.98 Å². The molecule has 1 fully saturated rings. The van der Waals surface area contributed by atoms with Crippen molar-refractivity contribution < 1.29 is 9.53 Å². The Bertz CT molecular complexity index is 958. The Labute approximate surface area is 166 Å². The molecule has 140 valence electrons. The summed E-state index contributed by atoms with van der Waals surface area (Å²) in [6, 6.07) is 13.1. The molecule has 5 nitrogen and oxygen atoms in total. The zero-order chi connectivity index (χ0) is 18.8. The molecule has 1 unspecified atom stereocenters. The normalized spacial score (nSPS) is 17.1. The van der Waals surface area contributed by atoms with Crippen molar-refractivity contribution in [3.05, 3.63) is 47.5 Å². The quantitative estimate of drug-likeness (QED) is 0.681. The number of anilines is 2. The maximum Gasteiger partial charge on any atom is 0.229 e. The summed E-state index contributed by atoms with van der Waals surface area (Å²) in [5, 5.41) is 4.61. The van der Waals surface area contributed by atoms with Crippen LogP contribution in [0.15, 0.2) is 42.5 Å². The monoisotopic (exact) mass is 401 g/mol. The number of hydrogen-bond acceptors (Lipinski definition) is 5. The Morgan fingerprint density at radius 3 is 2.89 bits per heavy atom. The first-order chi connectivity index (χ1) is 13.1. The number of halogens is 1. The zero-order valence-electron chi connectivity index (χ0n) is 14.9. The average Bonchev–Trinajstić information content (AvgIpc) is 3.13. The highest BCUT2D eigenvalue weighted by Gasteiger charge is 2.27. The lowest BCUT2D eigenvalue weighted by molar-refractivity contribution is -0.120. The molecule has 1 N–H and O–H groups in total. The highest BCUT2D eigenvalue weighted by Crippen LogP contribution is 2.33. The van der Waals surface area contributed by atoms with Crippen molar-refractivity contribution >= 4 is 49.9 Å². The highest BCUT2D eigenvalue weighted by molar-refractivity contribution is 7.22. The Hall–Kier alpha value is -2.31. The van der Waals surface area contributed by atoms with Gasteiger partial charge in [-0.05, 0) is 55.3 Å². The van der Waals surface area contributed by atoms with Crippen molar-refractivity contribution in [1.29, 1.82) is 0 Å². The van der Waals surface area contributed by atoms with E-state index in [0.29, 0.717) is 11.6 Å². The number of nitrogens with zero attached hydrogens (tertiary/aromatic N) is 2. The summed E-state index contributed by atoms with van der Waals surface area (Å²) in [7, 11) is 1.66. The molecule has 0 bridgehead atoms. The van der Waals surface area contributed by atoms with Crippen molar-refractivity contribution in [2.75, 3.05) is 30.4 Å². The van der Waals surface area contributed by atoms with Gasteiger partial charge < -0.3 is 15.0 Å². The lowest BCUT2D eigenvalue weighted by Crippen LogP contribution is -2.40. The van der Waals surface area contributed by atoms with Crippen LogP contribution in [0.2, 0.25) is 5.02 Å². The molecule has 1 amide bonds. The van der Waals surface area contributed by atoms with Gasteiger partial charge in [-0.15, -0.1) is 0 Å². The third kappa shape index (κ3) is 4.01. The van der Waals surface area contributed by atoms with E-state index in [0.717, 1.165) is 46.2 Å². The maximum absolute atomic E-state index is 12.7. The van der Waals surface area contributed by atoms with Crippen LogP contribution in [0.1, 0.15) is 12.8 Å². The minimum absolute atomic E-state index is 0.0461. The molecule has 3 aromatic rings. The molecule has 1 aliphatic rings. The molecule has 2 heterocycles. The minimum Gasteiger partial charge on any atom is -0.497 e. The second-order valence-electron chi connectivity index (χ2n) is 6.61. The van der Waals surface area contributed by atoms with Gasteiger partial charge >= 0.3 is 0 Å². The van der Waals surface area contributed by atoms with E-state index in [1.165, 1.54) is 0 Å². The van der Waals surface area contributed by atoms with Gasteiger partial charge in [-0.2, -0.15) is 0 Å². The third-order valence-electron chi connectivity index (χ3n) is 4.76. The van der Waals surface area contributed by atoms with Crippen LogP contribution in [0.3, 0.4) is 0 Å². The lowest BCUT2D eigenvalue weighted by Gasteiger charge is -2.31. The van der Waals surface area contributed by atoms with Crippen molar-refractivity contribution in [1.82, 2.24) is 4.98 Å². The van der Waals surface area contributed by atoms with Crippen LogP contribution >= 0.6 is 22.9 Å². The second kappa shape index (κ2) is 7.74. The molecule has 1 atom stereocenters. The molecular weight excluding hydrogens is 382 g/mol. The summed E-state index contributed by atoms with van der Waals surface area (Å²) in [5.74, 6) is 0.817. The number of methoxy groups -OCH3 is 1. The van der Waals surface area contributed by atoms with Crippen LogP contribution in [0.5, 0.6) is 5.75 Å². The fraction of sp³-hybridized carbons (Fsp3) is 0.300. The number of aromatic nitrogens is 1. The third-order valence-corrected chi connectivity index (χ3v) is 6.09. The van der Waals surface area contributed by atoms with Crippen LogP contribution in [0.4, 0.5) is 10.8 Å². The average molecular weight is 402 g/mol. The topological polar surface area (TPSA) is 54.5 Å². The van der Waals surface area contributed by atoms with Gasteiger partial charge in [0.2, 0.25) is 5.91 Å². The van der Waals surface area contributed by atoms with Crippen molar-refractivity contribution in [3.8, 4) is 5.75 Å². The van der Waals surface area contributed by atoms with Gasteiger partial charge in [0, 0.05) is 23.8 Å². The smallest absolute Gasteiger partial charge is 0.229 e. The van der Waals surface area contributed by atoms with Crippen molar-refractivity contribution in [3.63, 3.8) is 0 Å². The van der Waals surface area contributed by atoms with Crippen LogP contribution in [-0.2, 0) is 4.79 Å². The fourth-order valence-corrected chi connectivity index (χ4v) is 4.45. The highest BCUT2D eigenvalue weighted by atomic mass is 35.5. The number of benzene rings is 2. The number of carbonyl (C=O) groups excluding carboxylic acids is 1. The number of thiazole rings is 1. The maximum atomic E-state index is 12.7. The zero-order valence-corrected chi connectivity index (χ0v) is 16.5. The van der Waals surface area contributed by atoms with Gasteiger partial charge in [0.05, 0.1) is 23.2 Å². The molecule has 27 heavy (non-hydrogen) atoms. The largest absolute Gasteiger partial charge is 0.497 e. The molecule has 4 rings (SSSR count). The predicted molar refractivity (Wildman–Crippen MR) is 111 cm³/mol. The first-order valence-corrected chi connectivity index (χ1v) is 10.1. The molecule has 0 saturated carbocycles. The number of fused-ring (bicyclic) bond motifs is 1. The number of nitrogens with one attached hydrogen (secondary N) is 1. The van der Waals surface area contributed by atoms with E-state index in [2.05, 4.69) is 10.2 Å². The minimum atomic E-state index is -0.0593. The predicted octanol–water partition coefficient (Wildman–Crippen LogP) is 4.81. The number of ether oxygens (including phenoxy) is 1. The second-order valence-corrected chi connectivity index (χ2v) is 8.06. The Morgan fingerprint density at radius 2 is 2.11 bits per heavy atom. The van der Waals surface area contributed by atoms with Gasteiger partial charge in [0.25, 0.3) is 0 Å². The van der Waals surface area contributed by atoms with E-state index >= 15 is 0 Å². The number of hydrogen-bond donors (Lipinski definition) is 1. The van der Waals surface area contributed by atoms with E-state index in [-0.39, 0.29) is 11.8 Å². The summed E-state index contributed by atoms with van der Waals surface area (Å²) >= 11 is 7.54. The Kier molecular flexibility index (Phi) is 5.18. The van der Waals surface area contributed by atoms with Gasteiger partial charge in [-0.3, -0.25) is 4.79 Å². The number of piperidine rings is 1. The fourth-order valence-electron chi connectivity index (χ4n) is 3.30. The van der Waals surface area contributed by atoms with Gasteiger partial charge in [0.1, 0.15) is 5.75 Å². The first-order valence-electron chi connectivity index (χ1n) is 8.88. The van der Waals surface area contributed by atoms with Crippen LogP contribution in [-0.4, -0.2) is 31.1 Å². The van der Waals surface area contributed by atoms with Crippen molar-refractivity contribution in [2.45, 2.75) is 12.8 Å². The summed E-state index contributed by atoms with van der Waals surface area (Å²) in [5.41, 5.74) is 1.73. The van der Waals surface area contributed by atoms with Crippen LogP contribution < -0.4 is 15.0 Å². The summed E-state index contributed by atoms with van der Waals surface area (Å²) in [6.45, 7) is 1.60. The summed E-state index contributed by atoms with van der Waals surface area (Å²) in [4.78, 5) is 19.6. The number of carbonyl (C=O) groups is 1. The molecule has 1 aromatic heterocycles. The van der Waals surface area contributed by atoms with Crippen LogP contribution in [0, 0.1) is 5.92 Å². The number of rotatable bonds is 4. The molecule has 0 radical (unpaired) electrons. The molecule has 7 heteroatoms. The first kappa shape index (κ1) is 18.1. The Balaban J connectivity index is 1.47. The molecule has 0 spiro atoms. The van der Waals surface area contributed by atoms with E-state index in [9.17, 15) is 4.79 Å². The molecular formula is C20H20ClN3O2S.